The average Bonchev–Trinajstić information content (AvgIpc) is 2.36. The van der Waals surface area contributed by atoms with Gasteiger partial charge in [0.05, 0.1) is 24.0 Å². The van der Waals surface area contributed by atoms with Gasteiger partial charge >= 0.3 is 11.9 Å². The van der Waals surface area contributed by atoms with Crippen LogP contribution in [-0.2, 0) is 19.1 Å². The fraction of sp³-hybridized carbons (Fsp3) is 0.882. The molecule has 0 radical (unpaired) electrons. The van der Waals surface area contributed by atoms with Crippen LogP contribution in [0.4, 0.5) is 0 Å². The quantitative estimate of drug-likeness (QED) is 0.728. The lowest BCUT2D eigenvalue weighted by Crippen LogP contribution is -2.45. The van der Waals surface area contributed by atoms with Gasteiger partial charge in [0.15, 0.2) is 0 Å². The molecular weight excluding hydrogens is 268 g/mol. The predicted octanol–water partition coefficient (Wildman–Crippen LogP) is 3.58. The van der Waals surface area contributed by atoms with E-state index in [2.05, 4.69) is 6.92 Å². The summed E-state index contributed by atoms with van der Waals surface area (Å²) in [6, 6.07) is 0. The third-order valence-electron chi connectivity index (χ3n) is 4.27. The van der Waals surface area contributed by atoms with E-state index in [-0.39, 0.29) is 47.8 Å². The van der Waals surface area contributed by atoms with Crippen molar-refractivity contribution in [3.05, 3.63) is 0 Å². The number of esters is 2. The molecule has 0 aromatic carbocycles. The van der Waals surface area contributed by atoms with Gasteiger partial charge in [0.2, 0.25) is 0 Å². The average molecular weight is 298 g/mol. The zero-order chi connectivity index (χ0) is 16.2. The van der Waals surface area contributed by atoms with E-state index in [1.807, 2.05) is 34.6 Å². The van der Waals surface area contributed by atoms with Crippen molar-refractivity contribution in [1.29, 1.82) is 0 Å². The summed E-state index contributed by atoms with van der Waals surface area (Å²) < 4.78 is 10.8. The van der Waals surface area contributed by atoms with Crippen LogP contribution in [0.3, 0.4) is 0 Å². The van der Waals surface area contributed by atoms with Crippen molar-refractivity contribution in [2.75, 3.05) is 0 Å². The largest absolute Gasteiger partial charge is 0.463 e. The Kier molecular flexibility index (Phi) is 6.69. The molecule has 1 saturated carbocycles. The zero-order valence-corrected chi connectivity index (χ0v) is 14.2. The van der Waals surface area contributed by atoms with Crippen molar-refractivity contribution < 1.29 is 19.1 Å². The van der Waals surface area contributed by atoms with Gasteiger partial charge in [-0.05, 0) is 52.4 Å². The molecule has 4 nitrogen and oxygen atoms in total. The Morgan fingerprint density at radius 3 is 1.86 bits per heavy atom. The maximum absolute atomic E-state index is 12.5. The lowest BCUT2D eigenvalue weighted by atomic mass is 9.66. The van der Waals surface area contributed by atoms with E-state index in [1.165, 1.54) is 0 Å². The number of hydrogen-bond donors (Lipinski definition) is 0. The molecule has 21 heavy (non-hydrogen) atoms. The van der Waals surface area contributed by atoms with E-state index >= 15 is 0 Å². The van der Waals surface area contributed by atoms with Crippen molar-refractivity contribution in [2.45, 2.75) is 73.0 Å². The molecule has 1 aliphatic rings. The number of rotatable bonds is 5. The topological polar surface area (TPSA) is 52.6 Å². The summed E-state index contributed by atoms with van der Waals surface area (Å²) in [6.07, 6.45) is 2.50. The molecule has 4 heteroatoms. The van der Waals surface area contributed by atoms with Crippen molar-refractivity contribution >= 4 is 11.9 Å². The first-order valence-electron chi connectivity index (χ1n) is 8.18. The minimum Gasteiger partial charge on any atom is -0.463 e. The van der Waals surface area contributed by atoms with Crippen LogP contribution in [0.1, 0.15) is 60.8 Å². The Morgan fingerprint density at radius 2 is 1.43 bits per heavy atom. The summed E-state index contributed by atoms with van der Waals surface area (Å²) in [5.74, 6) is -0.874. The second kappa shape index (κ2) is 7.81. The third-order valence-corrected chi connectivity index (χ3v) is 4.27. The second-order valence-corrected chi connectivity index (χ2v) is 6.75. The summed E-state index contributed by atoms with van der Waals surface area (Å²) in [5.41, 5.74) is 0. The van der Waals surface area contributed by atoms with Crippen molar-refractivity contribution in [3.63, 3.8) is 0 Å². The van der Waals surface area contributed by atoms with Crippen LogP contribution >= 0.6 is 0 Å². The first-order valence-corrected chi connectivity index (χ1v) is 8.18. The Morgan fingerprint density at radius 1 is 0.952 bits per heavy atom. The molecule has 1 fully saturated rings. The Labute approximate surface area is 128 Å². The minimum atomic E-state index is -0.377. The molecule has 0 N–H and O–H groups in total. The molecule has 4 atom stereocenters. The fourth-order valence-electron chi connectivity index (χ4n) is 3.28. The van der Waals surface area contributed by atoms with Crippen LogP contribution in [0.5, 0.6) is 0 Å². The first-order chi connectivity index (χ1) is 9.77. The summed E-state index contributed by atoms with van der Waals surface area (Å²) in [4.78, 5) is 24.9. The summed E-state index contributed by atoms with van der Waals surface area (Å²) in [7, 11) is 0. The SMILES string of the molecule is CCC1CCC(C)C(C(=O)OC(C)C)C1C(=O)OC(C)C. The van der Waals surface area contributed by atoms with Gasteiger partial charge in [-0.3, -0.25) is 9.59 Å². The zero-order valence-electron chi connectivity index (χ0n) is 14.2. The predicted molar refractivity (Wildman–Crippen MR) is 81.6 cm³/mol. The fourth-order valence-corrected chi connectivity index (χ4v) is 3.28. The standard InChI is InChI=1S/C17H30O4/c1-7-13-9-8-12(6)14(16(18)20-10(2)3)15(13)17(19)21-11(4)5/h10-15H,7-9H2,1-6H3. The molecule has 0 spiro atoms. The van der Waals surface area contributed by atoms with Gasteiger partial charge in [-0.2, -0.15) is 0 Å². The highest BCUT2D eigenvalue weighted by Crippen LogP contribution is 2.42. The third kappa shape index (κ3) is 4.72. The number of ether oxygens (including phenoxy) is 2. The molecule has 0 bridgehead atoms. The molecule has 0 amide bonds. The highest BCUT2D eigenvalue weighted by Gasteiger charge is 2.46. The Balaban J connectivity index is 3.00. The number of carbonyl (C=O) groups is 2. The van der Waals surface area contributed by atoms with E-state index < -0.39 is 0 Å². The highest BCUT2D eigenvalue weighted by atomic mass is 16.6. The lowest BCUT2D eigenvalue weighted by molar-refractivity contribution is -0.173. The molecule has 0 heterocycles. The molecule has 0 saturated heterocycles. The van der Waals surface area contributed by atoms with Crippen molar-refractivity contribution in [3.8, 4) is 0 Å². The maximum atomic E-state index is 12.5. The molecule has 122 valence electrons. The van der Waals surface area contributed by atoms with Crippen LogP contribution in [-0.4, -0.2) is 24.1 Å². The maximum Gasteiger partial charge on any atom is 0.310 e. The van der Waals surface area contributed by atoms with Crippen LogP contribution in [0.2, 0.25) is 0 Å². The van der Waals surface area contributed by atoms with Gasteiger partial charge in [-0.15, -0.1) is 0 Å². The number of hydrogen-bond acceptors (Lipinski definition) is 4. The lowest BCUT2D eigenvalue weighted by Gasteiger charge is -2.39. The molecule has 0 aromatic heterocycles. The minimum absolute atomic E-state index is 0.156. The summed E-state index contributed by atoms with van der Waals surface area (Å²) in [5, 5.41) is 0. The summed E-state index contributed by atoms with van der Waals surface area (Å²) in [6.45, 7) is 11.5. The molecule has 4 unspecified atom stereocenters. The van der Waals surface area contributed by atoms with Gasteiger partial charge < -0.3 is 9.47 Å². The van der Waals surface area contributed by atoms with Gasteiger partial charge in [-0.1, -0.05) is 20.3 Å². The molecule has 1 aliphatic carbocycles. The van der Waals surface area contributed by atoms with Gasteiger partial charge in [-0.25, -0.2) is 0 Å². The van der Waals surface area contributed by atoms with Gasteiger partial charge in [0.1, 0.15) is 0 Å². The van der Waals surface area contributed by atoms with Crippen LogP contribution in [0, 0.1) is 23.7 Å². The Hall–Kier alpha value is -1.06. The van der Waals surface area contributed by atoms with Gasteiger partial charge in [0.25, 0.3) is 0 Å². The normalized spacial score (nSPS) is 29.5. The smallest absolute Gasteiger partial charge is 0.310 e. The second-order valence-electron chi connectivity index (χ2n) is 6.75. The van der Waals surface area contributed by atoms with E-state index in [4.69, 9.17) is 9.47 Å². The van der Waals surface area contributed by atoms with Crippen LogP contribution in [0.15, 0.2) is 0 Å². The van der Waals surface area contributed by atoms with Gasteiger partial charge in [0, 0.05) is 0 Å². The van der Waals surface area contributed by atoms with Crippen molar-refractivity contribution in [1.82, 2.24) is 0 Å². The van der Waals surface area contributed by atoms with E-state index in [0.29, 0.717) is 0 Å². The molecule has 0 aliphatic heterocycles. The van der Waals surface area contributed by atoms with Crippen LogP contribution < -0.4 is 0 Å². The molecule has 0 aromatic rings. The first kappa shape index (κ1) is 18.0. The Bertz CT molecular complexity index is 362. The van der Waals surface area contributed by atoms with Crippen molar-refractivity contribution in [2.24, 2.45) is 23.7 Å². The van der Waals surface area contributed by atoms with E-state index in [1.54, 1.807) is 0 Å². The number of carbonyl (C=O) groups excluding carboxylic acids is 2. The van der Waals surface area contributed by atoms with E-state index in [0.717, 1.165) is 19.3 Å². The molecular formula is C17H30O4. The monoisotopic (exact) mass is 298 g/mol. The summed E-state index contributed by atoms with van der Waals surface area (Å²) >= 11 is 0. The molecule has 1 rings (SSSR count). The van der Waals surface area contributed by atoms with E-state index in [9.17, 15) is 9.59 Å². The highest BCUT2D eigenvalue weighted by molar-refractivity contribution is 5.83. The van der Waals surface area contributed by atoms with Crippen LogP contribution in [0.25, 0.3) is 0 Å².